The highest BCUT2D eigenvalue weighted by atomic mass is 32.2. The number of rotatable bonds is 6. The molecule has 0 aromatic carbocycles. The van der Waals surface area contributed by atoms with E-state index in [2.05, 4.69) is 9.97 Å². The molecule has 0 aliphatic heterocycles. The van der Waals surface area contributed by atoms with Gasteiger partial charge in [0.1, 0.15) is 29.3 Å². The Morgan fingerprint density at radius 2 is 1.71 bits per heavy atom. The maximum Gasteiger partial charge on any atom is 0.431 e. The van der Waals surface area contributed by atoms with Crippen LogP contribution in [0.5, 0.6) is 0 Å². The van der Waals surface area contributed by atoms with Gasteiger partial charge in [-0.15, -0.1) is 0 Å². The number of sulfone groups is 1. The maximum absolute atomic E-state index is 13.5. The zero-order valence-electron chi connectivity index (χ0n) is 18.0. The van der Waals surface area contributed by atoms with Crippen LogP contribution in [0.3, 0.4) is 0 Å². The molecule has 3 aromatic rings. The Kier molecular flexibility index (Phi) is 6.45. The number of hydrogen-bond acceptors (Lipinski definition) is 6. The Morgan fingerprint density at radius 1 is 1.06 bits per heavy atom. The molecule has 3 heterocycles. The molecule has 3 aromatic heterocycles. The highest BCUT2D eigenvalue weighted by Crippen LogP contribution is 2.33. The molecule has 0 bridgehead atoms. The minimum Gasteiger partial charge on any atom is -0.361 e. The smallest absolute Gasteiger partial charge is 0.361 e. The SMILES string of the molecule is CCn1c(C(F)(F)F)cc2nc(-c3nc(NCC(F)(F)F)ccc3S(=O)(=O)CC)n(C)c2c1=O. The number of alkyl halides is 6. The summed E-state index contributed by atoms with van der Waals surface area (Å²) in [5, 5.41) is 2.02. The van der Waals surface area contributed by atoms with E-state index in [1.807, 2.05) is 5.32 Å². The molecule has 8 nitrogen and oxygen atoms in total. The molecule has 0 unspecified atom stereocenters. The molecule has 0 amide bonds. The molecule has 1 N–H and O–H groups in total. The predicted molar refractivity (Wildman–Crippen MR) is 111 cm³/mol. The van der Waals surface area contributed by atoms with E-state index in [-0.39, 0.29) is 35.0 Å². The van der Waals surface area contributed by atoms with Crippen LogP contribution in [-0.2, 0) is 29.6 Å². The van der Waals surface area contributed by atoms with Crippen LogP contribution in [0, 0.1) is 0 Å². The van der Waals surface area contributed by atoms with Gasteiger partial charge in [-0.25, -0.2) is 18.4 Å². The number of aromatic nitrogens is 4. The van der Waals surface area contributed by atoms with Crippen molar-refractivity contribution in [2.45, 2.75) is 37.6 Å². The predicted octanol–water partition coefficient (Wildman–Crippen LogP) is 3.60. The first-order valence-corrected chi connectivity index (χ1v) is 11.5. The van der Waals surface area contributed by atoms with Crippen molar-refractivity contribution in [2.75, 3.05) is 17.6 Å². The summed E-state index contributed by atoms with van der Waals surface area (Å²) in [4.78, 5) is 20.4. The van der Waals surface area contributed by atoms with Gasteiger partial charge in [-0.05, 0) is 25.1 Å². The fourth-order valence-corrected chi connectivity index (χ4v) is 4.40. The van der Waals surface area contributed by atoms with E-state index in [4.69, 9.17) is 0 Å². The summed E-state index contributed by atoms with van der Waals surface area (Å²) in [7, 11) is -2.70. The molecule has 0 radical (unpaired) electrons. The van der Waals surface area contributed by atoms with Crippen LogP contribution < -0.4 is 10.9 Å². The van der Waals surface area contributed by atoms with Crippen molar-refractivity contribution >= 4 is 26.7 Å². The van der Waals surface area contributed by atoms with Crippen LogP contribution in [0.1, 0.15) is 19.5 Å². The molecule has 0 fully saturated rings. The summed E-state index contributed by atoms with van der Waals surface area (Å²) in [6.45, 7) is 0.926. The van der Waals surface area contributed by atoms with Gasteiger partial charge in [-0.2, -0.15) is 26.3 Å². The standard InChI is InChI=1S/C19H19F6N5O3S/c1-4-30-12(19(23,24)25)8-10-15(17(30)31)29(3)16(27-10)14-11(34(32,33)5-2)6-7-13(28-14)26-9-18(20,21)22/h6-8H,4-5,9H2,1-3H3,(H,26,28). The van der Waals surface area contributed by atoms with E-state index in [0.717, 1.165) is 16.7 Å². The molecule has 0 aliphatic rings. The summed E-state index contributed by atoms with van der Waals surface area (Å²) in [6.07, 6.45) is -9.45. The van der Waals surface area contributed by atoms with E-state index < -0.39 is 50.6 Å². The lowest BCUT2D eigenvalue weighted by atomic mass is 10.3. The van der Waals surface area contributed by atoms with Crippen LogP contribution in [0.4, 0.5) is 32.2 Å². The van der Waals surface area contributed by atoms with E-state index >= 15 is 0 Å². The van der Waals surface area contributed by atoms with Crippen molar-refractivity contribution in [3.8, 4) is 11.5 Å². The summed E-state index contributed by atoms with van der Waals surface area (Å²) in [5.41, 5.74) is -3.27. The number of imidazole rings is 1. The second-order valence-corrected chi connectivity index (χ2v) is 9.47. The number of aryl methyl sites for hydroxylation is 1. The second-order valence-electron chi connectivity index (χ2n) is 7.22. The van der Waals surface area contributed by atoms with Gasteiger partial charge >= 0.3 is 12.4 Å². The average Bonchev–Trinajstić information content (AvgIpc) is 3.07. The number of pyridine rings is 2. The van der Waals surface area contributed by atoms with Crippen molar-refractivity contribution in [3.05, 3.63) is 34.2 Å². The summed E-state index contributed by atoms with van der Waals surface area (Å²) in [5.74, 6) is -1.02. The molecular formula is C19H19F6N5O3S. The highest BCUT2D eigenvalue weighted by Gasteiger charge is 2.36. The Hall–Kier alpha value is -3.10. The highest BCUT2D eigenvalue weighted by molar-refractivity contribution is 7.91. The first kappa shape index (κ1) is 25.5. The van der Waals surface area contributed by atoms with Gasteiger partial charge in [-0.3, -0.25) is 4.79 Å². The van der Waals surface area contributed by atoms with Gasteiger partial charge in [0, 0.05) is 13.6 Å². The minimum atomic E-state index is -4.86. The summed E-state index contributed by atoms with van der Waals surface area (Å²) >= 11 is 0. The molecule has 15 heteroatoms. The number of hydrogen-bond donors (Lipinski definition) is 1. The molecule has 186 valence electrons. The first-order valence-electron chi connectivity index (χ1n) is 9.83. The number of halogens is 6. The van der Waals surface area contributed by atoms with Gasteiger partial charge in [0.15, 0.2) is 15.7 Å². The van der Waals surface area contributed by atoms with Gasteiger partial charge in [0.05, 0.1) is 16.2 Å². The molecule has 0 spiro atoms. The third-order valence-electron chi connectivity index (χ3n) is 5.00. The molecule has 0 saturated heterocycles. The number of anilines is 1. The van der Waals surface area contributed by atoms with E-state index in [9.17, 15) is 39.6 Å². The summed E-state index contributed by atoms with van der Waals surface area (Å²) in [6, 6.07) is 2.72. The van der Waals surface area contributed by atoms with Crippen LogP contribution >= 0.6 is 0 Å². The van der Waals surface area contributed by atoms with E-state index in [0.29, 0.717) is 10.6 Å². The first-order chi connectivity index (χ1) is 15.6. The van der Waals surface area contributed by atoms with Crippen molar-refractivity contribution < 1.29 is 34.8 Å². The van der Waals surface area contributed by atoms with Crippen LogP contribution in [0.2, 0.25) is 0 Å². The monoisotopic (exact) mass is 511 g/mol. The van der Waals surface area contributed by atoms with Crippen molar-refractivity contribution in [1.29, 1.82) is 0 Å². The van der Waals surface area contributed by atoms with Crippen LogP contribution in [-0.4, -0.2) is 46.0 Å². The lowest BCUT2D eigenvalue weighted by Gasteiger charge is -2.14. The largest absolute Gasteiger partial charge is 0.431 e. The van der Waals surface area contributed by atoms with Crippen molar-refractivity contribution in [1.82, 2.24) is 19.1 Å². The minimum absolute atomic E-state index is 0.250. The number of fused-ring (bicyclic) bond motifs is 1. The zero-order valence-corrected chi connectivity index (χ0v) is 18.9. The third kappa shape index (κ3) is 4.74. The molecule has 0 atom stereocenters. The van der Waals surface area contributed by atoms with Gasteiger partial charge in [0.25, 0.3) is 5.56 Å². The number of nitrogens with one attached hydrogen (secondary N) is 1. The molecule has 3 rings (SSSR count). The van der Waals surface area contributed by atoms with Gasteiger partial charge < -0.3 is 14.5 Å². The van der Waals surface area contributed by atoms with Crippen LogP contribution in [0.15, 0.2) is 27.9 Å². The molecule has 0 aliphatic carbocycles. The van der Waals surface area contributed by atoms with Crippen LogP contribution in [0.25, 0.3) is 22.6 Å². The topological polar surface area (TPSA) is 98.9 Å². The lowest BCUT2D eigenvalue weighted by Crippen LogP contribution is -2.28. The maximum atomic E-state index is 13.5. The summed E-state index contributed by atoms with van der Waals surface area (Å²) < 4.78 is 105. The Labute approximate surface area is 189 Å². The second kappa shape index (κ2) is 8.60. The van der Waals surface area contributed by atoms with Gasteiger partial charge in [0.2, 0.25) is 0 Å². The molecule has 34 heavy (non-hydrogen) atoms. The quantitative estimate of drug-likeness (QED) is 0.508. The number of nitrogens with zero attached hydrogens (tertiary/aromatic N) is 4. The van der Waals surface area contributed by atoms with Crippen molar-refractivity contribution in [3.63, 3.8) is 0 Å². The Morgan fingerprint density at radius 3 is 2.24 bits per heavy atom. The van der Waals surface area contributed by atoms with E-state index in [1.165, 1.54) is 20.9 Å². The zero-order chi connectivity index (χ0) is 25.6. The van der Waals surface area contributed by atoms with E-state index in [1.54, 1.807) is 0 Å². The fourth-order valence-electron chi connectivity index (χ4n) is 3.38. The Bertz CT molecular complexity index is 1410. The molecule has 0 saturated carbocycles. The fraction of sp³-hybridized carbons (Fsp3) is 0.421. The lowest BCUT2D eigenvalue weighted by molar-refractivity contribution is -0.144. The average molecular weight is 511 g/mol. The van der Waals surface area contributed by atoms with Crippen molar-refractivity contribution in [2.24, 2.45) is 7.05 Å². The molecular weight excluding hydrogens is 492 g/mol. The third-order valence-corrected chi connectivity index (χ3v) is 6.76. The normalized spacial score (nSPS) is 13.0. The Balaban J connectivity index is 2.34. The van der Waals surface area contributed by atoms with Gasteiger partial charge in [-0.1, -0.05) is 6.92 Å².